The molecule has 4 aromatic heterocycles. The van der Waals surface area contributed by atoms with Crippen molar-refractivity contribution in [2.45, 2.75) is 65.0 Å². The van der Waals surface area contributed by atoms with Gasteiger partial charge in [0.25, 0.3) is 17.8 Å². The van der Waals surface area contributed by atoms with Crippen LogP contribution in [0.4, 0.5) is 19.9 Å². The Balaban J connectivity index is 0.950. The van der Waals surface area contributed by atoms with Crippen LogP contribution in [-0.4, -0.2) is 94.8 Å². The number of amides is 2. The fourth-order valence-electron chi connectivity index (χ4n) is 9.72. The first kappa shape index (κ1) is 45.0. The number of aromatic nitrogens is 7. The number of anilines is 2. The normalized spacial score (nSPS) is 18.6. The molecule has 0 bridgehead atoms. The van der Waals surface area contributed by atoms with Gasteiger partial charge >= 0.3 is 0 Å². The molecule has 14 nitrogen and oxygen atoms in total. The van der Waals surface area contributed by atoms with Crippen molar-refractivity contribution in [3.8, 4) is 17.1 Å². The Bertz CT molecular complexity index is 3130. The quantitative estimate of drug-likeness (QED) is 0.120. The van der Waals surface area contributed by atoms with Crippen molar-refractivity contribution in [3.63, 3.8) is 0 Å². The van der Waals surface area contributed by atoms with Gasteiger partial charge in [-0.1, -0.05) is 42.0 Å². The maximum Gasteiger partial charge on any atom is 0.295 e. The van der Waals surface area contributed by atoms with E-state index in [-0.39, 0.29) is 58.9 Å². The van der Waals surface area contributed by atoms with Crippen molar-refractivity contribution in [2.75, 3.05) is 36.8 Å². The second-order valence-corrected chi connectivity index (χ2v) is 19.1. The number of piperidine rings is 2. The topological polar surface area (TPSA) is 160 Å². The highest BCUT2D eigenvalue weighted by molar-refractivity contribution is 7.22. The number of carbonyl (C=O) groups is 2. The van der Waals surface area contributed by atoms with E-state index >= 15 is 8.78 Å². The Kier molecular flexibility index (Phi) is 12.6. The number of thiazole rings is 1. The Labute approximate surface area is 399 Å². The smallest absolute Gasteiger partial charge is 0.295 e. The molecule has 4 atom stereocenters. The number of likely N-dealkylation sites (tertiary alicyclic amines) is 2. The molecule has 2 amide bonds. The van der Waals surface area contributed by atoms with E-state index in [1.165, 1.54) is 29.3 Å². The third-order valence-corrected chi connectivity index (χ3v) is 14.5. The maximum atomic E-state index is 15.6. The molecule has 2 aliphatic heterocycles. The van der Waals surface area contributed by atoms with Gasteiger partial charge in [-0.3, -0.25) is 9.59 Å². The minimum atomic E-state index is -0.522. The molecule has 2 fully saturated rings. The molecule has 8 aromatic rings. The molecular weight excluding hydrogens is 908 g/mol. The predicted octanol–water partition coefficient (Wildman–Crippen LogP) is 9.95. The average molecular weight is 957 g/mol. The Morgan fingerprint density at radius 3 is 2.43 bits per heavy atom. The van der Waals surface area contributed by atoms with E-state index in [4.69, 9.17) is 26.0 Å². The Morgan fingerprint density at radius 2 is 1.60 bits per heavy atom. The molecule has 0 saturated carbocycles. The van der Waals surface area contributed by atoms with E-state index in [0.29, 0.717) is 76.9 Å². The van der Waals surface area contributed by atoms with Crippen molar-refractivity contribution < 1.29 is 22.8 Å². The van der Waals surface area contributed by atoms with Crippen LogP contribution in [0.15, 0.2) is 95.8 Å². The van der Waals surface area contributed by atoms with Crippen LogP contribution in [0.25, 0.3) is 38.4 Å². The molecular formula is C50H48ClF2N11O3S. The van der Waals surface area contributed by atoms with E-state index in [1.54, 1.807) is 66.6 Å². The summed E-state index contributed by atoms with van der Waals surface area (Å²) in [5.74, 6) is -1.38. The van der Waals surface area contributed by atoms with Crippen molar-refractivity contribution in [3.05, 3.63) is 136 Å². The first-order chi connectivity index (χ1) is 33.0. The number of rotatable bonds is 12. The number of benzene rings is 4. The van der Waals surface area contributed by atoms with Gasteiger partial charge in [0.2, 0.25) is 0 Å². The minimum absolute atomic E-state index is 0.123. The fourth-order valence-corrected chi connectivity index (χ4v) is 10.8. The van der Waals surface area contributed by atoms with E-state index in [0.717, 1.165) is 34.6 Å². The molecule has 2 saturated heterocycles. The van der Waals surface area contributed by atoms with Crippen LogP contribution < -0.4 is 10.6 Å². The molecule has 0 aliphatic carbocycles. The Morgan fingerprint density at radius 1 is 0.824 bits per heavy atom. The van der Waals surface area contributed by atoms with E-state index in [1.807, 2.05) is 35.2 Å². The van der Waals surface area contributed by atoms with Crippen LogP contribution in [0.3, 0.4) is 0 Å². The third kappa shape index (κ3) is 8.99. The molecule has 68 heavy (non-hydrogen) atoms. The van der Waals surface area contributed by atoms with Crippen LogP contribution in [-0.2, 0) is 6.42 Å². The van der Waals surface area contributed by atoms with Crippen LogP contribution in [0, 0.1) is 37.3 Å². The number of hydrogen-bond donors (Lipinski definition) is 2. The van der Waals surface area contributed by atoms with Crippen molar-refractivity contribution >= 4 is 67.2 Å². The summed E-state index contributed by atoms with van der Waals surface area (Å²) < 4.78 is 38.0. The van der Waals surface area contributed by atoms with Gasteiger partial charge in [0.1, 0.15) is 17.2 Å². The highest BCUT2D eigenvalue weighted by atomic mass is 35.5. The summed E-state index contributed by atoms with van der Waals surface area (Å²) in [5.41, 5.74) is 4.43. The summed E-state index contributed by atoms with van der Waals surface area (Å²) in [6, 6.07) is 20.4. The molecule has 18 heteroatoms. The number of nitrogens with zero attached hydrogens (tertiary/aromatic N) is 9. The van der Waals surface area contributed by atoms with Gasteiger partial charge in [-0.05, 0) is 130 Å². The molecule has 6 heterocycles. The largest absolute Gasteiger partial charge is 0.424 e. The lowest BCUT2D eigenvalue weighted by atomic mass is 9.84. The standard InChI is InChI=1S/C50H48ClF2N11O3S/c1-28-8-6-20-62(41(28)26-56-50-61-38-10-4-5-11-44(38)68-50)48(66)45-30(3)36(52)14-13-34(45)46-54-17-16-33(59-46)23-31-9-7-21-63(42(31)27-55-49-60-39-24-32(51)12-15-43(39)67-49)47(65)35-25-37(53)29(2)22-40(35)64-57-18-19-58-64/h4-5,10-19,22,24-25,28,31,41-42H,6-9,20-21,23,26-27H2,1-3H3,(H,55,60)(H,56,61)/t28-,31+,41-,42-/m1/s1. The number of para-hydroxylation sites is 1. The number of aryl methyl sites for hydroxylation is 1. The number of carbonyl (C=O) groups excluding carboxylic acids is 2. The van der Waals surface area contributed by atoms with Gasteiger partial charge in [0, 0.05) is 48.7 Å². The molecule has 10 rings (SSSR count). The van der Waals surface area contributed by atoms with Gasteiger partial charge in [-0.15, -0.1) is 0 Å². The molecule has 4 aromatic carbocycles. The molecule has 2 N–H and O–H groups in total. The van der Waals surface area contributed by atoms with E-state index in [2.05, 4.69) is 37.7 Å². The fraction of sp³-hybridized carbons (Fsp3) is 0.320. The summed E-state index contributed by atoms with van der Waals surface area (Å²) in [7, 11) is 0. The SMILES string of the molecule is Cc1cc(-n2nccn2)c(C(=O)N2CCC[C@@H](Cc3ccnc(-c4ccc(F)c(C)c4C(=O)N4CCC[C@@H](C)[C@H]4CNc4nc5ccccc5s4)n3)[C@H]2CNc2nc3cc(Cl)ccc3o2)cc1F. The predicted molar refractivity (Wildman–Crippen MR) is 258 cm³/mol. The summed E-state index contributed by atoms with van der Waals surface area (Å²) in [4.78, 5) is 53.7. The van der Waals surface area contributed by atoms with Crippen LogP contribution >= 0.6 is 22.9 Å². The number of oxazole rings is 1. The van der Waals surface area contributed by atoms with Gasteiger partial charge in [-0.25, -0.2) is 23.7 Å². The van der Waals surface area contributed by atoms with E-state index < -0.39 is 17.7 Å². The zero-order valence-electron chi connectivity index (χ0n) is 37.6. The molecule has 348 valence electrons. The molecule has 0 unspecified atom stereocenters. The molecule has 0 radical (unpaired) electrons. The first-order valence-corrected chi connectivity index (χ1v) is 24.0. The lowest BCUT2D eigenvalue weighted by Crippen LogP contribution is -2.52. The zero-order valence-corrected chi connectivity index (χ0v) is 39.2. The van der Waals surface area contributed by atoms with Gasteiger partial charge in [0.15, 0.2) is 16.5 Å². The molecule has 2 aliphatic rings. The number of hydrogen-bond acceptors (Lipinski definition) is 12. The van der Waals surface area contributed by atoms with Gasteiger partial charge in [-0.2, -0.15) is 20.0 Å². The second kappa shape index (κ2) is 19.0. The van der Waals surface area contributed by atoms with Gasteiger partial charge in [0.05, 0.1) is 51.5 Å². The van der Waals surface area contributed by atoms with Crippen molar-refractivity contribution in [2.24, 2.45) is 11.8 Å². The third-order valence-electron chi connectivity index (χ3n) is 13.3. The van der Waals surface area contributed by atoms with Crippen LogP contribution in [0.1, 0.15) is 70.1 Å². The zero-order chi connectivity index (χ0) is 47.1. The lowest BCUT2D eigenvalue weighted by molar-refractivity contribution is 0.0514. The summed E-state index contributed by atoms with van der Waals surface area (Å²) in [6.45, 7) is 7.04. The summed E-state index contributed by atoms with van der Waals surface area (Å²) >= 11 is 7.82. The van der Waals surface area contributed by atoms with Crippen LogP contribution in [0.2, 0.25) is 5.02 Å². The maximum absolute atomic E-state index is 15.6. The second-order valence-electron chi connectivity index (χ2n) is 17.6. The number of halogens is 3. The highest BCUT2D eigenvalue weighted by Gasteiger charge is 2.38. The first-order valence-electron chi connectivity index (χ1n) is 22.8. The van der Waals surface area contributed by atoms with Crippen LogP contribution in [0.5, 0.6) is 0 Å². The van der Waals surface area contributed by atoms with Crippen molar-refractivity contribution in [1.82, 2.24) is 44.7 Å². The monoisotopic (exact) mass is 955 g/mol. The van der Waals surface area contributed by atoms with Crippen molar-refractivity contribution in [1.29, 1.82) is 0 Å². The average Bonchev–Trinajstić information content (AvgIpc) is 4.12. The lowest BCUT2D eigenvalue weighted by Gasteiger charge is -2.41. The number of fused-ring (bicyclic) bond motifs is 2. The Hall–Kier alpha value is -6.85. The number of nitrogens with one attached hydrogen (secondary N) is 2. The minimum Gasteiger partial charge on any atom is -0.424 e. The summed E-state index contributed by atoms with van der Waals surface area (Å²) in [5, 5.41) is 16.7. The van der Waals surface area contributed by atoms with E-state index in [9.17, 15) is 9.59 Å². The highest BCUT2D eigenvalue weighted by Crippen LogP contribution is 2.35. The van der Waals surface area contributed by atoms with Gasteiger partial charge < -0.3 is 24.9 Å². The summed E-state index contributed by atoms with van der Waals surface area (Å²) in [6.07, 6.45) is 8.23. The molecule has 0 spiro atoms.